The zero-order chi connectivity index (χ0) is 10.7. The summed E-state index contributed by atoms with van der Waals surface area (Å²) >= 11 is 0. The predicted octanol–water partition coefficient (Wildman–Crippen LogP) is 1.50. The van der Waals surface area contributed by atoms with Crippen molar-refractivity contribution in [2.45, 2.75) is 46.2 Å². The molecule has 1 N–H and O–H groups in total. The van der Waals surface area contributed by atoms with E-state index < -0.39 is 0 Å². The van der Waals surface area contributed by atoms with Crippen molar-refractivity contribution in [1.82, 2.24) is 20.1 Å². The maximum atomic E-state index is 4.20. The molecule has 1 saturated carbocycles. The molecule has 0 aromatic carbocycles. The second-order valence-corrected chi connectivity index (χ2v) is 4.39. The molecule has 1 aromatic rings. The van der Waals surface area contributed by atoms with Gasteiger partial charge >= 0.3 is 0 Å². The number of aryl methyl sites for hydroxylation is 1. The van der Waals surface area contributed by atoms with Crippen molar-refractivity contribution in [3.05, 3.63) is 11.6 Å². The summed E-state index contributed by atoms with van der Waals surface area (Å²) in [5.41, 5.74) is 0. The third-order valence-electron chi connectivity index (χ3n) is 2.87. The van der Waals surface area contributed by atoms with Crippen LogP contribution in [0.4, 0.5) is 0 Å². The number of nitrogens with zero attached hydrogens (tertiary/aromatic N) is 3. The number of hydrogen-bond donors (Lipinski definition) is 1. The van der Waals surface area contributed by atoms with Crippen LogP contribution in [0.3, 0.4) is 0 Å². The van der Waals surface area contributed by atoms with E-state index in [4.69, 9.17) is 0 Å². The maximum Gasteiger partial charge on any atom is 0.146 e. The number of nitrogens with one attached hydrogen (secondary N) is 1. The van der Waals surface area contributed by atoms with Crippen LogP contribution in [0.2, 0.25) is 0 Å². The van der Waals surface area contributed by atoms with Crippen LogP contribution in [0, 0.1) is 12.8 Å². The van der Waals surface area contributed by atoms with Crippen molar-refractivity contribution in [3.63, 3.8) is 0 Å². The van der Waals surface area contributed by atoms with Gasteiger partial charge in [-0.2, -0.15) is 0 Å². The zero-order valence-corrected chi connectivity index (χ0v) is 9.66. The first-order valence-corrected chi connectivity index (χ1v) is 5.90. The summed E-state index contributed by atoms with van der Waals surface area (Å²) in [5.74, 6) is 3.03. The van der Waals surface area contributed by atoms with Crippen LogP contribution in [-0.2, 0) is 13.1 Å². The molecular formula is C11H20N4. The van der Waals surface area contributed by atoms with Crippen molar-refractivity contribution in [2.75, 3.05) is 6.54 Å². The van der Waals surface area contributed by atoms with Crippen molar-refractivity contribution in [1.29, 1.82) is 0 Å². The summed E-state index contributed by atoms with van der Waals surface area (Å²) in [6, 6.07) is 0. The lowest BCUT2D eigenvalue weighted by Crippen LogP contribution is -2.19. The van der Waals surface area contributed by atoms with Gasteiger partial charge in [0.05, 0.1) is 6.54 Å². The molecule has 0 bridgehead atoms. The molecule has 1 aromatic heterocycles. The first-order chi connectivity index (χ1) is 7.31. The van der Waals surface area contributed by atoms with E-state index in [1.807, 2.05) is 6.92 Å². The molecule has 0 amide bonds. The van der Waals surface area contributed by atoms with Crippen LogP contribution in [0.1, 0.15) is 37.8 Å². The van der Waals surface area contributed by atoms with Gasteiger partial charge in [0.15, 0.2) is 0 Å². The van der Waals surface area contributed by atoms with Crippen molar-refractivity contribution in [3.8, 4) is 0 Å². The van der Waals surface area contributed by atoms with Crippen LogP contribution in [0.25, 0.3) is 0 Å². The topological polar surface area (TPSA) is 42.7 Å². The summed E-state index contributed by atoms with van der Waals surface area (Å²) in [6.07, 6.45) is 3.93. The molecule has 4 heteroatoms. The van der Waals surface area contributed by atoms with Crippen molar-refractivity contribution in [2.24, 2.45) is 5.92 Å². The molecule has 0 aliphatic heterocycles. The van der Waals surface area contributed by atoms with Gasteiger partial charge in [0.25, 0.3) is 0 Å². The van der Waals surface area contributed by atoms with Gasteiger partial charge in [-0.1, -0.05) is 6.92 Å². The van der Waals surface area contributed by atoms with E-state index in [2.05, 4.69) is 27.0 Å². The predicted molar refractivity (Wildman–Crippen MR) is 59.5 cm³/mol. The van der Waals surface area contributed by atoms with Gasteiger partial charge in [-0.25, -0.2) is 0 Å². The Bertz CT molecular complexity index is 314. The summed E-state index contributed by atoms with van der Waals surface area (Å²) in [6.45, 7) is 7.22. The molecule has 2 rings (SSSR count). The largest absolute Gasteiger partial charge is 0.314 e. The van der Waals surface area contributed by atoms with E-state index in [-0.39, 0.29) is 0 Å². The first-order valence-electron chi connectivity index (χ1n) is 5.90. The molecule has 0 spiro atoms. The normalized spacial score (nSPS) is 15.9. The van der Waals surface area contributed by atoms with E-state index in [0.717, 1.165) is 43.6 Å². The molecule has 1 heterocycles. The minimum absolute atomic E-state index is 0.858. The lowest BCUT2D eigenvalue weighted by molar-refractivity contribution is 0.566. The number of rotatable bonds is 6. The zero-order valence-electron chi connectivity index (χ0n) is 9.66. The van der Waals surface area contributed by atoms with Crippen LogP contribution >= 0.6 is 0 Å². The van der Waals surface area contributed by atoms with Gasteiger partial charge < -0.3 is 9.88 Å². The van der Waals surface area contributed by atoms with Gasteiger partial charge in [0, 0.05) is 6.54 Å². The highest BCUT2D eigenvalue weighted by molar-refractivity contribution is 4.93. The summed E-state index contributed by atoms with van der Waals surface area (Å²) in [4.78, 5) is 0. The Morgan fingerprint density at radius 3 is 2.87 bits per heavy atom. The van der Waals surface area contributed by atoms with Gasteiger partial charge in [-0.05, 0) is 38.6 Å². The number of aromatic nitrogens is 3. The summed E-state index contributed by atoms with van der Waals surface area (Å²) < 4.78 is 2.21. The molecule has 0 atom stereocenters. The Labute approximate surface area is 91.1 Å². The quantitative estimate of drug-likeness (QED) is 0.770. The Balaban J connectivity index is 1.87. The molecule has 15 heavy (non-hydrogen) atoms. The lowest BCUT2D eigenvalue weighted by atomic mass is 10.4. The van der Waals surface area contributed by atoms with Crippen LogP contribution in [-0.4, -0.2) is 21.3 Å². The maximum absolute atomic E-state index is 4.20. The highest BCUT2D eigenvalue weighted by atomic mass is 15.3. The Kier molecular flexibility index (Phi) is 3.36. The molecule has 1 fully saturated rings. The second-order valence-electron chi connectivity index (χ2n) is 4.39. The Morgan fingerprint density at radius 1 is 1.40 bits per heavy atom. The molecule has 4 nitrogen and oxygen atoms in total. The second kappa shape index (κ2) is 4.75. The van der Waals surface area contributed by atoms with E-state index in [1.54, 1.807) is 0 Å². The van der Waals surface area contributed by atoms with E-state index in [1.165, 1.54) is 12.8 Å². The SMILES string of the molecule is CCCn1c(C)nnc1CNCC1CC1. The van der Waals surface area contributed by atoms with Crippen LogP contribution in [0.5, 0.6) is 0 Å². The average Bonchev–Trinajstić information content (AvgIpc) is 2.98. The minimum Gasteiger partial charge on any atom is -0.314 e. The Morgan fingerprint density at radius 2 is 2.20 bits per heavy atom. The third-order valence-corrected chi connectivity index (χ3v) is 2.87. The standard InChI is InChI=1S/C11H20N4/c1-3-6-15-9(2)13-14-11(15)8-12-7-10-4-5-10/h10,12H,3-8H2,1-2H3. The Hall–Kier alpha value is -0.900. The number of hydrogen-bond acceptors (Lipinski definition) is 3. The molecule has 1 aliphatic rings. The van der Waals surface area contributed by atoms with Gasteiger partial charge in [-0.3, -0.25) is 0 Å². The van der Waals surface area contributed by atoms with Crippen LogP contribution in [0.15, 0.2) is 0 Å². The van der Waals surface area contributed by atoms with Crippen molar-refractivity contribution >= 4 is 0 Å². The monoisotopic (exact) mass is 208 g/mol. The smallest absolute Gasteiger partial charge is 0.146 e. The molecule has 0 radical (unpaired) electrons. The fourth-order valence-electron chi connectivity index (χ4n) is 1.78. The molecular weight excluding hydrogens is 188 g/mol. The summed E-state index contributed by atoms with van der Waals surface area (Å²) in [7, 11) is 0. The average molecular weight is 208 g/mol. The van der Waals surface area contributed by atoms with E-state index in [0.29, 0.717) is 0 Å². The first kappa shape index (κ1) is 10.6. The van der Waals surface area contributed by atoms with Crippen molar-refractivity contribution < 1.29 is 0 Å². The minimum atomic E-state index is 0.858. The molecule has 84 valence electrons. The third kappa shape index (κ3) is 2.78. The van der Waals surface area contributed by atoms with E-state index in [9.17, 15) is 0 Å². The van der Waals surface area contributed by atoms with Crippen LogP contribution < -0.4 is 5.32 Å². The van der Waals surface area contributed by atoms with E-state index >= 15 is 0 Å². The molecule has 1 aliphatic carbocycles. The fourth-order valence-corrected chi connectivity index (χ4v) is 1.78. The highest BCUT2D eigenvalue weighted by Crippen LogP contribution is 2.27. The lowest BCUT2D eigenvalue weighted by Gasteiger charge is -2.07. The molecule has 0 saturated heterocycles. The molecule has 0 unspecified atom stereocenters. The highest BCUT2D eigenvalue weighted by Gasteiger charge is 2.20. The van der Waals surface area contributed by atoms with Gasteiger partial charge in [-0.15, -0.1) is 10.2 Å². The summed E-state index contributed by atoms with van der Waals surface area (Å²) in [5, 5.41) is 11.8. The van der Waals surface area contributed by atoms with Gasteiger partial charge in [0.2, 0.25) is 0 Å². The fraction of sp³-hybridized carbons (Fsp3) is 0.818. The van der Waals surface area contributed by atoms with Gasteiger partial charge in [0.1, 0.15) is 11.6 Å².